The molecule has 5 rings (SSSR count). The summed E-state index contributed by atoms with van der Waals surface area (Å²) >= 11 is 0. The molecule has 0 atom stereocenters. The first kappa shape index (κ1) is 19.1. The predicted octanol–water partition coefficient (Wildman–Crippen LogP) is 4.86. The molecule has 0 saturated carbocycles. The van der Waals surface area contributed by atoms with Crippen molar-refractivity contribution in [2.75, 3.05) is 30.3 Å². The number of hydrogen-bond donors (Lipinski definition) is 3. The summed E-state index contributed by atoms with van der Waals surface area (Å²) in [6.45, 7) is 2.83. The molecular weight excluding hydrogens is 386 g/mol. The topological polar surface area (TPSA) is 81.2 Å². The number of anilines is 3. The van der Waals surface area contributed by atoms with Crippen molar-refractivity contribution in [2.24, 2.45) is 5.10 Å². The van der Waals surface area contributed by atoms with Crippen LogP contribution in [0.5, 0.6) is 0 Å². The molecule has 1 aliphatic rings. The van der Waals surface area contributed by atoms with Gasteiger partial charge in [-0.15, -0.1) is 0 Å². The van der Waals surface area contributed by atoms with Gasteiger partial charge in [0.25, 0.3) is 0 Å². The standard InChI is InChI=1S/C24H25N7/c1-2-9-21-19(6-1)17-22(29-21)18-7-3-8-20(16-18)28-24-26-13-10-23(30-24)25-11-4-14-31-15-5-12-27-31/h1-3,6-10,12-13,16-17,29H,4-5,11,14-15H2,(H2,25,26,28,30). The summed E-state index contributed by atoms with van der Waals surface area (Å²) in [6, 6.07) is 20.6. The highest BCUT2D eigenvalue weighted by atomic mass is 15.5. The van der Waals surface area contributed by atoms with Crippen LogP contribution in [-0.2, 0) is 0 Å². The molecule has 3 heterocycles. The number of benzene rings is 2. The van der Waals surface area contributed by atoms with Crippen LogP contribution >= 0.6 is 0 Å². The molecule has 0 aliphatic carbocycles. The van der Waals surface area contributed by atoms with Crippen molar-refractivity contribution >= 4 is 34.6 Å². The van der Waals surface area contributed by atoms with E-state index in [-0.39, 0.29) is 0 Å². The number of aromatic amines is 1. The average Bonchev–Trinajstić information content (AvgIpc) is 3.47. The summed E-state index contributed by atoms with van der Waals surface area (Å²) in [5.41, 5.74) is 4.28. The molecule has 0 amide bonds. The van der Waals surface area contributed by atoms with Crippen LogP contribution in [0.4, 0.5) is 17.5 Å². The predicted molar refractivity (Wildman–Crippen MR) is 127 cm³/mol. The van der Waals surface area contributed by atoms with Crippen LogP contribution in [0.1, 0.15) is 12.8 Å². The summed E-state index contributed by atoms with van der Waals surface area (Å²) < 4.78 is 0. The maximum absolute atomic E-state index is 4.59. The second kappa shape index (κ2) is 8.87. The third-order valence-corrected chi connectivity index (χ3v) is 5.28. The Kier molecular flexibility index (Phi) is 5.47. The second-order valence-corrected chi connectivity index (χ2v) is 7.56. The highest BCUT2D eigenvalue weighted by molar-refractivity contribution is 5.86. The lowest BCUT2D eigenvalue weighted by atomic mass is 10.1. The third-order valence-electron chi connectivity index (χ3n) is 5.28. The van der Waals surface area contributed by atoms with Gasteiger partial charge in [0.15, 0.2) is 0 Å². The van der Waals surface area contributed by atoms with Crippen molar-refractivity contribution in [3.8, 4) is 11.3 Å². The van der Waals surface area contributed by atoms with E-state index >= 15 is 0 Å². The monoisotopic (exact) mass is 411 g/mol. The van der Waals surface area contributed by atoms with Crippen molar-refractivity contribution in [1.29, 1.82) is 0 Å². The molecule has 1 aliphatic heterocycles. The van der Waals surface area contributed by atoms with Gasteiger partial charge < -0.3 is 15.6 Å². The molecule has 0 radical (unpaired) electrons. The van der Waals surface area contributed by atoms with Gasteiger partial charge in [-0.1, -0.05) is 30.3 Å². The number of para-hydroxylation sites is 1. The van der Waals surface area contributed by atoms with Gasteiger partial charge in [0.2, 0.25) is 5.95 Å². The van der Waals surface area contributed by atoms with E-state index in [0.29, 0.717) is 5.95 Å². The van der Waals surface area contributed by atoms with E-state index in [0.717, 1.165) is 60.8 Å². The van der Waals surface area contributed by atoms with E-state index < -0.39 is 0 Å². The van der Waals surface area contributed by atoms with Crippen molar-refractivity contribution in [1.82, 2.24) is 20.0 Å². The number of hydrazone groups is 1. The number of nitrogens with zero attached hydrogens (tertiary/aromatic N) is 4. The minimum atomic E-state index is 0.572. The molecule has 0 bridgehead atoms. The maximum Gasteiger partial charge on any atom is 0.229 e. The first-order valence-corrected chi connectivity index (χ1v) is 10.6. The maximum atomic E-state index is 4.59. The molecule has 7 heteroatoms. The summed E-state index contributed by atoms with van der Waals surface area (Å²) in [5, 5.41) is 14.3. The Balaban J connectivity index is 1.23. The zero-order chi connectivity index (χ0) is 20.9. The molecule has 0 unspecified atom stereocenters. The van der Waals surface area contributed by atoms with Crippen LogP contribution in [0.15, 0.2) is 72.0 Å². The molecular formula is C24H25N7. The average molecular weight is 412 g/mol. The van der Waals surface area contributed by atoms with E-state index in [9.17, 15) is 0 Å². The Labute approximate surface area is 181 Å². The molecule has 0 fully saturated rings. The second-order valence-electron chi connectivity index (χ2n) is 7.56. The summed E-state index contributed by atoms with van der Waals surface area (Å²) in [4.78, 5) is 12.4. The molecule has 7 nitrogen and oxygen atoms in total. The summed E-state index contributed by atoms with van der Waals surface area (Å²) in [5.74, 6) is 1.39. The summed E-state index contributed by atoms with van der Waals surface area (Å²) in [7, 11) is 0. The summed E-state index contributed by atoms with van der Waals surface area (Å²) in [6.07, 6.45) is 5.80. The first-order chi connectivity index (χ1) is 15.3. The molecule has 156 valence electrons. The number of hydrogen-bond acceptors (Lipinski definition) is 6. The van der Waals surface area contributed by atoms with Crippen LogP contribution < -0.4 is 10.6 Å². The highest BCUT2D eigenvalue weighted by Crippen LogP contribution is 2.26. The normalized spacial score (nSPS) is 13.1. The molecule has 4 aromatic rings. The SMILES string of the molecule is C1=NN(CCCNc2ccnc(Nc3cccc(-c4cc5ccccc5[nH]4)c3)n2)CC1. The van der Waals surface area contributed by atoms with E-state index in [4.69, 9.17) is 0 Å². The largest absolute Gasteiger partial charge is 0.370 e. The molecule has 2 aromatic heterocycles. The zero-order valence-electron chi connectivity index (χ0n) is 17.3. The van der Waals surface area contributed by atoms with Gasteiger partial charge in [-0.05, 0) is 36.8 Å². The van der Waals surface area contributed by atoms with Gasteiger partial charge in [0.05, 0.1) is 0 Å². The minimum absolute atomic E-state index is 0.572. The highest BCUT2D eigenvalue weighted by Gasteiger charge is 2.07. The zero-order valence-corrected chi connectivity index (χ0v) is 17.3. The first-order valence-electron chi connectivity index (χ1n) is 10.6. The van der Waals surface area contributed by atoms with Crippen LogP contribution in [0.25, 0.3) is 22.2 Å². The molecule has 2 aromatic carbocycles. The molecule has 3 N–H and O–H groups in total. The smallest absolute Gasteiger partial charge is 0.229 e. The van der Waals surface area contributed by atoms with Gasteiger partial charge in [-0.3, -0.25) is 5.01 Å². The van der Waals surface area contributed by atoms with Gasteiger partial charge in [0.1, 0.15) is 5.82 Å². The lowest BCUT2D eigenvalue weighted by Gasteiger charge is -2.13. The van der Waals surface area contributed by atoms with E-state index in [1.807, 2.05) is 30.5 Å². The van der Waals surface area contributed by atoms with Crippen molar-refractivity contribution in [3.05, 3.63) is 66.9 Å². The van der Waals surface area contributed by atoms with Crippen LogP contribution in [0.2, 0.25) is 0 Å². The quantitative estimate of drug-likeness (QED) is 0.361. The number of H-pyrrole nitrogens is 1. The lowest BCUT2D eigenvalue weighted by molar-refractivity contribution is 0.317. The van der Waals surface area contributed by atoms with Gasteiger partial charge in [-0.25, -0.2) is 4.98 Å². The van der Waals surface area contributed by atoms with E-state index in [1.54, 1.807) is 6.20 Å². The Morgan fingerprint density at radius 1 is 1.03 bits per heavy atom. The molecule has 0 spiro atoms. The fraction of sp³-hybridized carbons (Fsp3) is 0.208. The Bertz CT molecular complexity index is 1160. The number of nitrogens with one attached hydrogen (secondary N) is 3. The molecule has 0 saturated heterocycles. The number of fused-ring (bicyclic) bond motifs is 1. The molecule has 31 heavy (non-hydrogen) atoms. The minimum Gasteiger partial charge on any atom is -0.370 e. The Morgan fingerprint density at radius 2 is 2.00 bits per heavy atom. The van der Waals surface area contributed by atoms with Crippen molar-refractivity contribution in [2.45, 2.75) is 12.8 Å². The third kappa shape index (κ3) is 4.66. The van der Waals surface area contributed by atoms with Gasteiger partial charge in [0, 0.05) is 66.3 Å². The van der Waals surface area contributed by atoms with Crippen LogP contribution in [0, 0.1) is 0 Å². The van der Waals surface area contributed by atoms with E-state index in [1.165, 1.54) is 5.39 Å². The Hall–Kier alpha value is -3.87. The van der Waals surface area contributed by atoms with Crippen LogP contribution in [-0.4, -0.2) is 45.8 Å². The van der Waals surface area contributed by atoms with Crippen molar-refractivity contribution in [3.63, 3.8) is 0 Å². The van der Waals surface area contributed by atoms with E-state index in [2.05, 4.69) is 72.1 Å². The van der Waals surface area contributed by atoms with Crippen molar-refractivity contribution < 1.29 is 0 Å². The van der Waals surface area contributed by atoms with Gasteiger partial charge >= 0.3 is 0 Å². The fourth-order valence-electron chi connectivity index (χ4n) is 3.73. The van der Waals surface area contributed by atoms with Crippen LogP contribution in [0.3, 0.4) is 0 Å². The number of aromatic nitrogens is 3. The number of rotatable bonds is 8. The van der Waals surface area contributed by atoms with Gasteiger partial charge in [-0.2, -0.15) is 10.1 Å². The fourth-order valence-corrected chi connectivity index (χ4v) is 3.73. The lowest BCUT2D eigenvalue weighted by Crippen LogP contribution is -2.18. The Morgan fingerprint density at radius 3 is 2.90 bits per heavy atom.